The number of esters is 1. The zero-order valence-electron chi connectivity index (χ0n) is 16.9. The molecular weight excluding hydrogens is 364 g/mol. The molecule has 0 aliphatic rings. The molecule has 4 nitrogen and oxygen atoms in total. The van der Waals surface area contributed by atoms with E-state index in [2.05, 4.69) is 6.92 Å². The van der Waals surface area contributed by atoms with Crippen LogP contribution in [0.1, 0.15) is 40.9 Å². The van der Waals surface area contributed by atoms with E-state index in [0.29, 0.717) is 36.9 Å². The summed E-state index contributed by atoms with van der Waals surface area (Å²) in [6.45, 7) is 4.94. The first-order chi connectivity index (χ1) is 14.2. The molecule has 0 N–H and O–H groups in total. The molecule has 3 rings (SSSR count). The van der Waals surface area contributed by atoms with E-state index in [1.165, 1.54) is 0 Å². The third kappa shape index (κ3) is 5.61. The molecule has 0 saturated heterocycles. The largest absolute Gasteiger partial charge is 0.489 e. The molecule has 0 bridgehead atoms. The number of carbonyl (C=O) groups excluding carboxylic acids is 1. The second-order valence-corrected chi connectivity index (χ2v) is 6.58. The molecule has 0 aliphatic heterocycles. The quantitative estimate of drug-likeness (QED) is 0.447. The van der Waals surface area contributed by atoms with E-state index in [1.54, 1.807) is 13.0 Å². The minimum atomic E-state index is -0.414. The summed E-state index contributed by atoms with van der Waals surface area (Å²) in [6.07, 6.45) is 0.759. The van der Waals surface area contributed by atoms with Gasteiger partial charge in [0.05, 0.1) is 6.61 Å². The van der Waals surface area contributed by atoms with Gasteiger partial charge in [-0.15, -0.1) is 0 Å². The maximum atomic E-state index is 12.5. The van der Waals surface area contributed by atoms with Gasteiger partial charge in [-0.25, -0.2) is 4.79 Å². The van der Waals surface area contributed by atoms with Crippen LogP contribution in [-0.4, -0.2) is 12.6 Å². The molecule has 0 saturated carbocycles. The van der Waals surface area contributed by atoms with Crippen LogP contribution < -0.4 is 9.47 Å². The Morgan fingerprint density at radius 1 is 0.759 bits per heavy atom. The fourth-order valence-corrected chi connectivity index (χ4v) is 2.97. The van der Waals surface area contributed by atoms with Crippen molar-refractivity contribution in [2.45, 2.75) is 33.5 Å². The smallest absolute Gasteiger partial charge is 0.342 e. The van der Waals surface area contributed by atoms with Gasteiger partial charge in [-0.3, -0.25) is 0 Å². The van der Waals surface area contributed by atoms with Crippen LogP contribution >= 0.6 is 0 Å². The van der Waals surface area contributed by atoms with Crippen LogP contribution in [0.15, 0.2) is 72.8 Å². The molecule has 4 heteroatoms. The Kier molecular flexibility index (Phi) is 7.28. The predicted molar refractivity (Wildman–Crippen MR) is 113 cm³/mol. The summed E-state index contributed by atoms with van der Waals surface area (Å²) in [5.41, 5.74) is 3.46. The second-order valence-electron chi connectivity index (χ2n) is 6.58. The standard InChI is InChI=1S/C25H26O4/c1-3-21-15-24(29-18-20-13-9-6-10-14-20)22(25(26)27-4-2)16-23(21)28-17-19-11-7-5-8-12-19/h5-16H,3-4,17-18H2,1-2H3. The van der Waals surface area contributed by atoms with Gasteiger partial charge in [-0.2, -0.15) is 0 Å². The molecule has 150 valence electrons. The van der Waals surface area contributed by atoms with Crippen molar-refractivity contribution in [3.63, 3.8) is 0 Å². The highest BCUT2D eigenvalue weighted by atomic mass is 16.5. The van der Waals surface area contributed by atoms with Crippen molar-refractivity contribution in [2.24, 2.45) is 0 Å². The number of benzene rings is 3. The van der Waals surface area contributed by atoms with Gasteiger partial charge in [0.2, 0.25) is 0 Å². The number of aryl methyl sites for hydroxylation is 1. The number of ether oxygens (including phenoxy) is 3. The maximum absolute atomic E-state index is 12.5. The molecule has 0 fully saturated rings. The van der Waals surface area contributed by atoms with E-state index in [1.807, 2.05) is 66.7 Å². The molecule has 29 heavy (non-hydrogen) atoms. The summed E-state index contributed by atoms with van der Waals surface area (Å²) in [4.78, 5) is 12.5. The lowest BCUT2D eigenvalue weighted by Crippen LogP contribution is -2.10. The predicted octanol–water partition coefficient (Wildman–Crippen LogP) is 5.58. The molecule has 0 heterocycles. The van der Waals surface area contributed by atoms with Gasteiger partial charge in [-0.05, 0) is 42.2 Å². The van der Waals surface area contributed by atoms with Crippen molar-refractivity contribution in [1.29, 1.82) is 0 Å². The highest BCUT2D eigenvalue weighted by Gasteiger charge is 2.19. The van der Waals surface area contributed by atoms with Crippen LogP contribution in [0.25, 0.3) is 0 Å². The number of carbonyl (C=O) groups is 1. The van der Waals surface area contributed by atoms with Gasteiger partial charge in [-0.1, -0.05) is 67.6 Å². The van der Waals surface area contributed by atoms with Gasteiger partial charge >= 0.3 is 5.97 Å². The summed E-state index contributed by atoms with van der Waals surface area (Å²) in [7, 11) is 0. The Bertz CT molecular complexity index is 920. The van der Waals surface area contributed by atoms with E-state index in [4.69, 9.17) is 14.2 Å². The normalized spacial score (nSPS) is 10.4. The van der Waals surface area contributed by atoms with Crippen molar-refractivity contribution < 1.29 is 19.0 Å². The summed E-state index contributed by atoms with van der Waals surface area (Å²) in [6, 6.07) is 23.4. The summed E-state index contributed by atoms with van der Waals surface area (Å²) in [5, 5.41) is 0. The molecule has 3 aromatic carbocycles. The summed E-state index contributed by atoms with van der Waals surface area (Å²) < 4.78 is 17.3. The summed E-state index contributed by atoms with van der Waals surface area (Å²) >= 11 is 0. The lowest BCUT2D eigenvalue weighted by molar-refractivity contribution is 0.0520. The minimum Gasteiger partial charge on any atom is -0.489 e. The molecular formula is C25H26O4. The third-order valence-corrected chi connectivity index (χ3v) is 4.51. The van der Waals surface area contributed by atoms with Gasteiger partial charge in [0.15, 0.2) is 0 Å². The molecule has 3 aromatic rings. The molecule has 0 spiro atoms. The maximum Gasteiger partial charge on any atom is 0.342 e. The topological polar surface area (TPSA) is 44.8 Å². The van der Waals surface area contributed by atoms with E-state index in [9.17, 15) is 4.79 Å². The first kappa shape index (κ1) is 20.5. The Morgan fingerprint density at radius 3 is 1.83 bits per heavy atom. The van der Waals surface area contributed by atoms with E-state index < -0.39 is 5.97 Å². The Hall–Kier alpha value is -3.27. The zero-order chi connectivity index (χ0) is 20.5. The Morgan fingerprint density at radius 2 is 1.31 bits per heavy atom. The molecule has 0 atom stereocenters. The highest BCUT2D eigenvalue weighted by Crippen LogP contribution is 2.31. The monoisotopic (exact) mass is 390 g/mol. The van der Waals surface area contributed by atoms with Crippen LogP contribution in [0.3, 0.4) is 0 Å². The number of hydrogen-bond donors (Lipinski definition) is 0. The van der Waals surface area contributed by atoms with Crippen LogP contribution in [0.2, 0.25) is 0 Å². The van der Waals surface area contributed by atoms with Gasteiger partial charge in [0.1, 0.15) is 30.3 Å². The molecule has 0 amide bonds. The lowest BCUT2D eigenvalue weighted by atomic mass is 10.1. The number of hydrogen-bond acceptors (Lipinski definition) is 4. The Balaban J connectivity index is 1.86. The highest BCUT2D eigenvalue weighted by molar-refractivity contribution is 5.93. The van der Waals surface area contributed by atoms with Gasteiger partial charge < -0.3 is 14.2 Å². The average Bonchev–Trinajstić information content (AvgIpc) is 2.77. The molecule has 0 aliphatic carbocycles. The third-order valence-electron chi connectivity index (χ3n) is 4.51. The zero-order valence-corrected chi connectivity index (χ0v) is 16.9. The first-order valence-electron chi connectivity index (χ1n) is 9.88. The fourth-order valence-electron chi connectivity index (χ4n) is 2.97. The first-order valence-corrected chi connectivity index (χ1v) is 9.88. The van der Waals surface area contributed by atoms with Gasteiger partial charge in [0.25, 0.3) is 0 Å². The van der Waals surface area contributed by atoms with Crippen molar-refractivity contribution in [3.8, 4) is 11.5 Å². The van der Waals surface area contributed by atoms with Crippen molar-refractivity contribution in [3.05, 3.63) is 95.1 Å². The average molecular weight is 390 g/mol. The van der Waals surface area contributed by atoms with Crippen LogP contribution in [0.5, 0.6) is 11.5 Å². The van der Waals surface area contributed by atoms with Crippen LogP contribution in [0.4, 0.5) is 0 Å². The van der Waals surface area contributed by atoms with Crippen LogP contribution in [-0.2, 0) is 24.4 Å². The van der Waals surface area contributed by atoms with Crippen molar-refractivity contribution in [1.82, 2.24) is 0 Å². The van der Waals surface area contributed by atoms with E-state index in [-0.39, 0.29) is 0 Å². The summed E-state index contributed by atoms with van der Waals surface area (Å²) in [5.74, 6) is 0.769. The fraction of sp³-hybridized carbons (Fsp3) is 0.240. The molecule has 0 radical (unpaired) electrons. The molecule has 0 unspecified atom stereocenters. The number of rotatable bonds is 9. The van der Waals surface area contributed by atoms with Crippen LogP contribution in [0, 0.1) is 0 Å². The SMILES string of the molecule is CCOC(=O)c1cc(OCc2ccccc2)c(CC)cc1OCc1ccccc1. The molecule has 0 aromatic heterocycles. The van der Waals surface area contributed by atoms with Gasteiger partial charge in [0, 0.05) is 0 Å². The van der Waals surface area contributed by atoms with E-state index >= 15 is 0 Å². The van der Waals surface area contributed by atoms with Crippen molar-refractivity contribution in [2.75, 3.05) is 6.61 Å². The second kappa shape index (κ2) is 10.3. The Labute approximate surface area is 172 Å². The minimum absolute atomic E-state index is 0.298. The van der Waals surface area contributed by atoms with Crippen molar-refractivity contribution >= 4 is 5.97 Å². The lowest BCUT2D eigenvalue weighted by Gasteiger charge is -2.17. The van der Waals surface area contributed by atoms with E-state index in [0.717, 1.165) is 23.1 Å².